The van der Waals surface area contributed by atoms with Crippen molar-refractivity contribution in [3.05, 3.63) is 23.8 Å². The van der Waals surface area contributed by atoms with E-state index in [1.54, 1.807) is 30.9 Å². The Kier molecular flexibility index (Phi) is 6.70. The second kappa shape index (κ2) is 8.96. The summed E-state index contributed by atoms with van der Waals surface area (Å²) in [5, 5.41) is 0. The first-order valence-electron chi connectivity index (χ1n) is 10.6. The van der Waals surface area contributed by atoms with Crippen LogP contribution in [-0.2, 0) is 30.8 Å². The van der Waals surface area contributed by atoms with E-state index in [4.69, 9.17) is 5.73 Å². The van der Waals surface area contributed by atoms with Crippen molar-refractivity contribution in [1.82, 2.24) is 9.21 Å². The van der Waals surface area contributed by atoms with E-state index in [9.17, 15) is 22.8 Å². The Balaban J connectivity index is 1.86. The van der Waals surface area contributed by atoms with Crippen LogP contribution < -0.4 is 10.6 Å². The molecule has 31 heavy (non-hydrogen) atoms. The fourth-order valence-electron chi connectivity index (χ4n) is 4.48. The molecule has 0 spiro atoms. The summed E-state index contributed by atoms with van der Waals surface area (Å²) in [6.07, 6.45) is 1.27. The van der Waals surface area contributed by atoms with E-state index in [1.807, 2.05) is 0 Å². The number of likely N-dealkylation sites (tertiary alicyclic amines) is 1. The molecule has 0 radical (unpaired) electrons. The Morgan fingerprint density at radius 3 is 2.26 bits per heavy atom. The van der Waals surface area contributed by atoms with Crippen LogP contribution in [0.5, 0.6) is 0 Å². The summed E-state index contributed by atoms with van der Waals surface area (Å²) in [6.45, 7) is 6.49. The van der Waals surface area contributed by atoms with Gasteiger partial charge in [-0.2, -0.15) is 4.31 Å². The second-order valence-corrected chi connectivity index (χ2v) is 9.93. The molecule has 1 aromatic carbocycles. The number of nitrogens with zero attached hydrogens (tertiary/aromatic N) is 3. The van der Waals surface area contributed by atoms with Gasteiger partial charge in [0.05, 0.1) is 4.90 Å². The van der Waals surface area contributed by atoms with E-state index in [2.05, 4.69) is 0 Å². The van der Waals surface area contributed by atoms with Gasteiger partial charge in [-0.15, -0.1) is 0 Å². The lowest BCUT2D eigenvalue weighted by Gasteiger charge is -2.34. The molecular formula is C21H30N4O5S. The number of carbonyl (C=O) groups excluding carboxylic acids is 3. The van der Waals surface area contributed by atoms with Crippen LogP contribution in [0.4, 0.5) is 5.69 Å². The van der Waals surface area contributed by atoms with Gasteiger partial charge in [0.1, 0.15) is 6.04 Å². The molecule has 2 heterocycles. The molecule has 2 N–H and O–H groups in total. The highest BCUT2D eigenvalue weighted by atomic mass is 32.2. The Labute approximate surface area is 183 Å². The molecule has 3 rings (SSSR count). The number of sulfonamides is 1. The van der Waals surface area contributed by atoms with E-state index in [0.29, 0.717) is 50.3 Å². The molecule has 2 aliphatic rings. The third-order valence-corrected chi connectivity index (χ3v) is 8.26. The van der Waals surface area contributed by atoms with Gasteiger partial charge in [-0.3, -0.25) is 19.3 Å². The van der Waals surface area contributed by atoms with Crippen LogP contribution in [-0.4, -0.2) is 67.6 Å². The minimum absolute atomic E-state index is 0.161. The van der Waals surface area contributed by atoms with Gasteiger partial charge in [0.15, 0.2) is 0 Å². The van der Waals surface area contributed by atoms with Crippen LogP contribution in [0.3, 0.4) is 0 Å². The number of anilines is 1. The maximum absolute atomic E-state index is 13.2. The van der Waals surface area contributed by atoms with Crippen LogP contribution in [0.25, 0.3) is 0 Å². The molecular weight excluding hydrogens is 420 g/mol. The predicted molar refractivity (Wildman–Crippen MR) is 116 cm³/mol. The summed E-state index contributed by atoms with van der Waals surface area (Å²) in [5.41, 5.74) is 6.60. The predicted octanol–water partition coefficient (Wildman–Crippen LogP) is 0.719. The number of amides is 3. The molecule has 0 saturated carbocycles. The molecule has 3 amide bonds. The maximum Gasteiger partial charge on any atom is 0.246 e. The number of nitrogens with two attached hydrogens (primary N) is 1. The summed E-state index contributed by atoms with van der Waals surface area (Å²) >= 11 is 0. The smallest absolute Gasteiger partial charge is 0.246 e. The van der Waals surface area contributed by atoms with Crippen LogP contribution >= 0.6 is 0 Å². The fourth-order valence-corrected chi connectivity index (χ4v) is 5.99. The molecule has 10 heteroatoms. The average Bonchev–Trinajstić information content (AvgIpc) is 3.13. The lowest BCUT2D eigenvalue weighted by molar-refractivity contribution is -0.137. The summed E-state index contributed by atoms with van der Waals surface area (Å²) in [6, 6.07) is 3.96. The first-order valence-corrected chi connectivity index (χ1v) is 12.1. The monoisotopic (exact) mass is 450 g/mol. The van der Waals surface area contributed by atoms with Crippen LogP contribution in [0.1, 0.15) is 39.2 Å². The molecule has 2 aliphatic heterocycles. The van der Waals surface area contributed by atoms with Crippen LogP contribution in [0.2, 0.25) is 0 Å². The van der Waals surface area contributed by atoms with Crippen molar-refractivity contribution in [2.75, 3.05) is 31.1 Å². The van der Waals surface area contributed by atoms with Gasteiger partial charge in [-0.25, -0.2) is 8.42 Å². The number of primary amides is 1. The summed E-state index contributed by atoms with van der Waals surface area (Å²) in [4.78, 5) is 40.3. The number of hydrogen-bond donors (Lipinski definition) is 1. The normalized spacial score (nSPS) is 19.5. The van der Waals surface area contributed by atoms with Gasteiger partial charge < -0.3 is 10.6 Å². The Morgan fingerprint density at radius 2 is 1.74 bits per heavy atom. The van der Waals surface area contributed by atoms with Crippen LogP contribution in [0, 0.1) is 5.92 Å². The number of benzene rings is 1. The highest BCUT2D eigenvalue weighted by Gasteiger charge is 2.40. The maximum atomic E-state index is 13.2. The Bertz CT molecular complexity index is 981. The van der Waals surface area contributed by atoms with Crippen molar-refractivity contribution in [2.24, 2.45) is 11.7 Å². The van der Waals surface area contributed by atoms with E-state index >= 15 is 0 Å². The van der Waals surface area contributed by atoms with Gasteiger partial charge in [-0.05, 0) is 36.6 Å². The topological polar surface area (TPSA) is 121 Å². The zero-order valence-electron chi connectivity index (χ0n) is 18.2. The van der Waals surface area contributed by atoms with Gasteiger partial charge in [0.2, 0.25) is 27.7 Å². The summed E-state index contributed by atoms with van der Waals surface area (Å²) in [7, 11) is -3.64. The quantitative estimate of drug-likeness (QED) is 0.684. The van der Waals surface area contributed by atoms with Crippen molar-refractivity contribution in [3.8, 4) is 0 Å². The third-order valence-electron chi connectivity index (χ3n) is 6.21. The Hall–Kier alpha value is -2.46. The van der Waals surface area contributed by atoms with Crippen molar-refractivity contribution in [2.45, 2.75) is 51.0 Å². The molecule has 0 unspecified atom stereocenters. The molecule has 170 valence electrons. The third kappa shape index (κ3) is 4.31. The zero-order chi connectivity index (χ0) is 22.9. The molecule has 1 saturated heterocycles. The minimum atomic E-state index is -3.64. The molecule has 0 bridgehead atoms. The van der Waals surface area contributed by atoms with E-state index in [-0.39, 0.29) is 35.0 Å². The van der Waals surface area contributed by atoms with E-state index < -0.39 is 16.1 Å². The molecule has 1 atom stereocenters. The van der Waals surface area contributed by atoms with Crippen molar-refractivity contribution in [1.29, 1.82) is 0 Å². The number of piperidine rings is 1. The molecule has 1 aromatic rings. The number of carbonyl (C=O) groups is 3. The molecule has 0 aromatic heterocycles. The number of fused-ring (bicyclic) bond motifs is 1. The SMILES string of the molecule is CCN(CC)S(=O)(=O)c1ccc2c(c1)C[C@H](C(=O)N1CCC(C(N)=O)CC1)N2C(C)=O. The van der Waals surface area contributed by atoms with E-state index in [1.165, 1.54) is 22.2 Å². The highest BCUT2D eigenvalue weighted by molar-refractivity contribution is 7.89. The lowest BCUT2D eigenvalue weighted by atomic mass is 9.95. The van der Waals surface area contributed by atoms with E-state index in [0.717, 1.165) is 0 Å². The van der Waals surface area contributed by atoms with Gasteiger partial charge in [0.25, 0.3) is 0 Å². The largest absolute Gasteiger partial charge is 0.369 e. The summed E-state index contributed by atoms with van der Waals surface area (Å²) in [5.74, 6) is -1.06. The number of hydrogen-bond acceptors (Lipinski definition) is 5. The van der Waals surface area contributed by atoms with Gasteiger partial charge in [-0.1, -0.05) is 13.8 Å². The molecule has 0 aliphatic carbocycles. The lowest BCUT2D eigenvalue weighted by Crippen LogP contribution is -2.51. The average molecular weight is 451 g/mol. The first kappa shape index (κ1) is 23.2. The number of rotatable bonds is 6. The van der Waals surface area contributed by atoms with Crippen molar-refractivity contribution >= 4 is 33.4 Å². The van der Waals surface area contributed by atoms with Crippen LogP contribution in [0.15, 0.2) is 23.1 Å². The molecule has 1 fully saturated rings. The first-order chi connectivity index (χ1) is 14.6. The van der Waals surface area contributed by atoms with Gasteiger partial charge in [0, 0.05) is 51.1 Å². The van der Waals surface area contributed by atoms with Crippen molar-refractivity contribution < 1.29 is 22.8 Å². The summed E-state index contributed by atoms with van der Waals surface area (Å²) < 4.78 is 27.2. The van der Waals surface area contributed by atoms with Gasteiger partial charge >= 0.3 is 0 Å². The minimum Gasteiger partial charge on any atom is -0.369 e. The fraction of sp³-hybridized carbons (Fsp3) is 0.571. The second-order valence-electron chi connectivity index (χ2n) is 7.99. The highest BCUT2D eigenvalue weighted by Crippen LogP contribution is 2.36. The zero-order valence-corrected chi connectivity index (χ0v) is 19.0. The standard InChI is InChI=1S/C21H30N4O5S/c1-4-24(5-2)31(29,30)17-6-7-18-16(12-17)13-19(25(18)14(3)26)21(28)23-10-8-15(9-11-23)20(22)27/h6-7,12,15,19H,4-5,8-11,13H2,1-3H3,(H2,22,27)/t19-/m1/s1. The molecule has 9 nitrogen and oxygen atoms in total. The Morgan fingerprint density at radius 1 is 1.13 bits per heavy atom. The van der Waals surface area contributed by atoms with Crippen molar-refractivity contribution in [3.63, 3.8) is 0 Å².